The van der Waals surface area contributed by atoms with E-state index in [0.717, 1.165) is 0 Å². The molecule has 0 bridgehead atoms. The predicted octanol–water partition coefficient (Wildman–Crippen LogP) is 3.08. The Hall–Kier alpha value is -2.22. The second-order valence-corrected chi connectivity index (χ2v) is 7.47. The zero-order valence-electron chi connectivity index (χ0n) is 15.7. The van der Waals surface area contributed by atoms with Gasteiger partial charge in [0.25, 0.3) is 0 Å². The number of aromatic nitrogens is 2. The Bertz CT molecular complexity index is 577. The number of aryl methyl sites for hydroxylation is 1. The highest BCUT2D eigenvalue weighted by molar-refractivity contribution is 6.08. The minimum atomic E-state index is -0.916. The lowest BCUT2D eigenvalue weighted by Crippen LogP contribution is -2.44. The third-order valence-electron chi connectivity index (χ3n) is 2.64. The molecule has 0 saturated carbocycles. The zero-order valence-corrected chi connectivity index (χ0v) is 15.7. The van der Waals surface area contributed by atoms with Gasteiger partial charge in [-0.3, -0.25) is 0 Å². The number of ether oxygens (including phenoxy) is 2. The quantitative estimate of drug-likeness (QED) is 0.887. The van der Waals surface area contributed by atoms with Crippen LogP contribution >= 0.6 is 0 Å². The van der Waals surface area contributed by atoms with E-state index in [1.165, 1.54) is 6.20 Å². The fourth-order valence-electron chi connectivity index (χ4n) is 1.74. The number of carbonyl (C=O) groups is 2. The van der Waals surface area contributed by atoms with E-state index in [1.807, 2.05) is 0 Å². The van der Waals surface area contributed by atoms with Crippen molar-refractivity contribution in [3.8, 4) is 0 Å². The summed E-state index contributed by atoms with van der Waals surface area (Å²) in [6, 6.07) is 1.65. The van der Waals surface area contributed by atoms with Crippen LogP contribution in [0.4, 0.5) is 15.5 Å². The molecule has 0 fully saturated rings. The van der Waals surface area contributed by atoms with Crippen LogP contribution < -0.4 is 4.90 Å². The first-order valence-corrected chi connectivity index (χ1v) is 8.12. The number of nitrogens with zero attached hydrogens (tertiary/aromatic N) is 3. The summed E-state index contributed by atoms with van der Waals surface area (Å²) in [5, 5.41) is 8.94. The van der Waals surface area contributed by atoms with Crippen LogP contribution in [0.25, 0.3) is 0 Å². The lowest BCUT2D eigenvalue weighted by atomic mass is 10.2. The maximum Gasteiger partial charge on any atom is 0.427 e. The molecule has 0 aliphatic carbocycles. The van der Waals surface area contributed by atoms with Crippen LogP contribution in [0.15, 0.2) is 12.3 Å². The fraction of sp³-hybridized carbons (Fsp3) is 0.647. The molecule has 1 aromatic rings. The second kappa shape index (κ2) is 8.24. The van der Waals surface area contributed by atoms with Gasteiger partial charge in [0.1, 0.15) is 11.2 Å². The van der Waals surface area contributed by atoms with Gasteiger partial charge in [-0.25, -0.2) is 19.6 Å². The lowest BCUT2D eigenvalue weighted by molar-refractivity contribution is 0.0427. The molecule has 0 aromatic carbocycles. The average Bonchev–Trinajstić information content (AvgIpc) is 2.41. The molecule has 1 aromatic heterocycles. The third kappa shape index (κ3) is 7.47. The van der Waals surface area contributed by atoms with E-state index in [-0.39, 0.29) is 12.6 Å². The number of rotatable bonds is 4. The molecule has 140 valence electrons. The molecule has 1 heterocycles. The van der Waals surface area contributed by atoms with Gasteiger partial charge in [-0.1, -0.05) is 0 Å². The lowest BCUT2D eigenvalue weighted by Gasteiger charge is -2.27. The van der Waals surface area contributed by atoms with E-state index in [4.69, 9.17) is 14.6 Å². The number of hydrogen-bond acceptors (Lipinski definition) is 7. The average molecular weight is 353 g/mol. The van der Waals surface area contributed by atoms with Crippen molar-refractivity contribution >= 4 is 18.1 Å². The standard InChI is InChI=1S/C17H27N3O5/c1-16(2,3)24-14(22)20(15(23)25-17(4,5)6)13-18-10-9-12(19-13)8-7-11-21/h9-10,21H,7-8,11H2,1-6H3. The largest absolute Gasteiger partial charge is 0.443 e. The molecule has 2 amide bonds. The number of aliphatic hydroxyl groups is 1. The number of hydrogen-bond donors (Lipinski definition) is 1. The highest BCUT2D eigenvalue weighted by Gasteiger charge is 2.34. The Labute approximate surface area is 148 Å². The summed E-state index contributed by atoms with van der Waals surface area (Å²) >= 11 is 0. The van der Waals surface area contributed by atoms with E-state index in [1.54, 1.807) is 47.6 Å². The molecular weight excluding hydrogens is 326 g/mol. The molecule has 0 atom stereocenters. The summed E-state index contributed by atoms with van der Waals surface area (Å²) in [6.45, 7) is 10.2. The molecule has 0 unspecified atom stereocenters. The van der Waals surface area contributed by atoms with Crippen molar-refractivity contribution < 1.29 is 24.2 Å². The van der Waals surface area contributed by atoms with Crippen molar-refractivity contribution in [1.82, 2.24) is 9.97 Å². The van der Waals surface area contributed by atoms with Crippen LogP contribution in [-0.4, -0.2) is 45.1 Å². The van der Waals surface area contributed by atoms with Gasteiger partial charge >= 0.3 is 12.2 Å². The molecule has 1 N–H and O–H groups in total. The number of anilines is 1. The first-order chi connectivity index (χ1) is 11.4. The molecule has 0 spiro atoms. The van der Waals surface area contributed by atoms with Gasteiger partial charge in [-0.05, 0) is 60.5 Å². The summed E-state index contributed by atoms with van der Waals surface area (Å²) in [5.41, 5.74) is -1.01. The molecule has 8 nitrogen and oxygen atoms in total. The Morgan fingerprint density at radius 1 is 1.08 bits per heavy atom. The second-order valence-electron chi connectivity index (χ2n) is 7.47. The van der Waals surface area contributed by atoms with Crippen LogP contribution in [0, 0.1) is 0 Å². The van der Waals surface area contributed by atoms with E-state index in [2.05, 4.69) is 9.97 Å². The Kier molecular flexibility index (Phi) is 6.87. The van der Waals surface area contributed by atoms with Crippen molar-refractivity contribution in [2.24, 2.45) is 0 Å². The minimum Gasteiger partial charge on any atom is -0.443 e. The summed E-state index contributed by atoms with van der Waals surface area (Å²) in [7, 11) is 0. The Balaban J connectivity index is 3.17. The molecule has 0 saturated heterocycles. The van der Waals surface area contributed by atoms with Crippen molar-refractivity contribution in [3.63, 3.8) is 0 Å². The first-order valence-electron chi connectivity index (χ1n) is 8.12. The zero-order chi connectivity index (χ0) is 19.3. The van der Waals surface area contributed by atoms with Crippen LogP contribution in [0.5, 0.6) is 0 Å². The highest BCUT2D eigenvalue weighted by Crippen LogP contribution is 2.19. The maximum atomic E-state index is 12.5. The molecule has 8 heteroatoms. The minimum absolute atomic E-state index is 0.0151. The van der Waals surface area contributed by atoms with E-state index in [9.17, 15) is 9.59 Å². The summed E-state index contributed by atoms with van der Waals surface area (Å²) < 4.78 is 10.6. The number of imide groups is 1. The summed E-state index contributed by atoms with van der Waals surface area (Å²) in [5.74, 6) is -0.126. The van der Waals surface area contributed by atoms with E-state index >= 15 is 0 Å². The summed E-state index contributed by atoms with van der Waals surface area (Å²) in [6.07, 6.45) is 0.608. The van der Waals surface area contributed by atoms with Gasteiger partial charge in [0.05, 0.1) is 0 Å². The van der Waals surface area contributed by atoms with Crippen LogP contribution in [-0.2, 0) is 15.9 Å². The smallest absolute Gasteiger partial charge is 0.427 e. The van der Waals surface area contributed by atoms with Gasteiger partial charge < -0.3 is 14.6 Å². The van der Waals surface area contributed by atoms with Gasteiger partial charge in [-0.15, -0.1) is 4.90 Å². The molecule has 25 heavy (non-hydrogen) atoms. The normalized spacial score (nSPS) is 11.8. The van der Waals surface area contributed by atoms with E-state index in [0.29, 0.717) is 23.4 Å². The fourth-order valence-corrected chi connectivity index (χ4v) is 1.74. The predicted molar refractivity (Wildman–Crippen MR) is 92.4 cm³/mol. The van der Waals surface area contributed by atoms with Crippen molar-refractivity contribution in [2.45, 2.75) is 65.6 Å². The van der Waals surface area contributed by atoms with Crippen molar-refractivity contribution in [3.05, 3.63) is 18.0 Å². The SMILES string of the molecule is CC(C)(C)OC(=O)N(C(=O)OC(C)(C)C)c1nccc(CCCO)n1. The summed E-state index contributed by atoms with van der Waals surface area (Å²) in [4.78, 5) is 33.9. The Morgan fingerprint density at radius 3 is 2.04 bits per heavy atom. The monoisotopic (exact) mass is 353 g/mol. The first kappa shape index (κ1) is 20.8. The third-order valence-corrected chi connectivity index (χ3v) is 2.64. The van der Waals surface area contributed by atoms with Gasteiger partial charge in [0, 0.05) is 18.5 Å². The number of amides is 2. The van der Waals surface area contributed by atoms with Crippen molar-refractivity contribution in [1.29, 1.82) is 0 Å². The Morgan fingerprint density at radius 2 is 1.60 bits per heavy atom. The molecule has 1 rings (SSSR count). The van der Waals surface area contributed by atoms with Gasteiger partial charge in [0.2, 0.25) is 5.95 Å². The van der Waals surface area contributed by atoms with Crippen LogP contribution in [0.1, 0.15) is 53.7 Å². The topological polar surface area (TPSA) is 102 Å². The molecule has 0 aliphatic heterocycles. The van der Waals surface area contributed by atoms with Crippen molar-refractivity contribution in [2.75, 3.05) is 11.5 Å². The van der Waals surface area contributed by atoms with Gasteiger partial charge in [0.15, 0.2) is 0 Å². The van der Waals surface area contributed by atoms with Gasteiger partial charge in [-0.2, -0.15) is 0 Å². The highest BCUT2D eigenvalue weighted by atomic mass is 16.6. The number of carbonyl (C=O) groups excluding carboxylic acids is 2. The number of aliphatic hydroxyl groups excluding tert-OH is 1. The molecular formula is C17H27N3O5. The van der Waals surface area contributed by atoms with Crippen LogP contribution in [0.2, 0.25) is 0 Å². The van der Waals surface area contributed by atoms with Crippen LogP contribution in [0.3, 0.4) is 0 Å². The maximum absolute atomic E-state index is 12.5. The molecule has 0 radical (unpaired) electrons. The molecule has 0 aliphatic rings. The van der Waals surface area contributed by atoms with E-state index < -0.39 is 23.4 Å².